The zero-order chi connectivity index (χ0) is 18.7. The van der Waals surface area contributed by atoms with E-state index in [2.05, 4.69) is 10.3 Å². The number of aromatic nitrogens is 2. The maximum absolute atomic E-state index is 13.3. The molecule has 6 heteroatoms. The van der Waals surface area contributed by atoms with E-state index in [1.165, 1.54) is 16.7 Å². The Kier molecular flexibility index (Phi) is 4.93. The van der Waals surface area contributed by atoms with Crippen LogP contribution in [-0.2, 0) is 11.3 Å². The Labute approximate surface area is 150 Å². The van der Waals surface area contributed by atoms with Crippen molar-refractivity contribution in [1.82, 2.24) is 9.55 Å². The van der Waals surface area contributed by atoms with Crippen LogP contribution < -0.4 is 11.0 Å². The van der Waals surface area contributed by atoms with Gasteiger partial charge in [-0.05, 0) is 55.3 Å². The average molecular weight is 351 g/mol. The minimum absolute atomic E-state index is 0.108. The summed E-state index contributed by atoms with van der Waals surface area (Å²) in [4.78, 5) is 28.0. The summed E-state index contributed by atoms with van der Waals surface area (Å²) >= 11 is 0. The maximum Gasteiger partial charge on any atom is 0.348 e. The number of hydrogen-bond acceptors (Lipinski definition) is 3. The summed E-state index contributed by atoms with van der Waals surface area (Å²) in [5, 5.41) is 2.75. The van der Waals surface area contributed by atoms with Gasteiger partial charge in [-0.15, -0.1) is 0 Å². The van der Waals surface area contributed by atoms with E-state index < -0.39 is 5.69 Å². The summed E-state index contributed by atoms with van der Waals surface area (Å²) in [5.74, 6) is -0.619. The quantitative estimate of drug-likeness (QED) is 0.784. The highest BCUT2D eigenvalue weighted by Gasteiger charge is 2.09. The van der Waals surface area contributed by atoms with Crippen LogP contribution in [0, 0.1) is 19.7 Å². The number of hydrogen-bond donors (Lipinski definition) is 1. The molecule has 0 spiro atoms. The van der Waals surface area contributed by atoms with Gasteiger partial charge in [-0.2, -0.15) is 4.98 Å². The highest BCUT2D eigenvalue weighted by Crippen LogP contribution is 2.22. The number of nitrogens with zero attached hydrogens (tertiary/aromatic N) is 2. The van der Waals surface area contributed by atoms with Crippen molar-refractivity contribution >= 4 is 11.6 Å². The third-order valence-corrected chi connectivity index (χ3v) is 3.97. The molecule has 1 amide bonds. The lowest BCUT2D eigenvalue weighted by atomic mass is 10.1. The van der Waals surface area contributed by atoms with Crippen molar-refractivity contribution in [2.24, 2.45) is 0 Å². The zero-order valence-electron chi connectivity index (χ0n) is 14.5. The predicted octanol–water partition coefficient (Wildman–Crippen LogP) is 3.30. The van der Waals surface area contributed by atoms with Crippen LogP contribution in [0.25, 0.3) is 11.1 Å². The van der Waals surface area contributed by atoms with Crippen LogP contribution >= 0.6 is 0 Å². The fraction of sp³-hybridized carbons (Fsp3) is 0.150. The first-order chi connectivity index (χ1) is 12.4. The summed E-state index contributed by atoms with van der Waals surface area (Å²) in [6.45, 7) is 3.39. The normalized spacial score (nSPS) is 10.6. The molecule has 0 saturated heterocycles. The molecule has 0 aliphatic carbocycles. The van der Waals surface area contributed by atoms with Crippen LogP contribution in [0.15, 0.2) is 59.4 Å². The van der Waals surface area contributed by atoms with Crippen LogP contribution in [-0.4, -0.2) is 15.5 Å². The molecule has 2 aromatic carbocycles. The van der Waals surface area contributed by atoms with Gasteiger partial charge in [0.2, 0.25) is 5.91 Å². The Balaban J connectivity index is 1.71. The lowest BCUT2D eigenvalue weighted by molar-refractivity contribution is -0.116. The van der Waals surface area contributed by atoms with Gasteiger partial charge in [-0.25, -0.2) is 9.18 Å². The van der Waals surface area contributed by atoms with E-state index in [0.717, 1.165) is 11.1 Å². The summed E-state index contributed by atoms with van der Waals surface area (Å²) in [6.07, 6.45) is 0. The van der Waals surface area contributed by atoms with Crippen LogP contribution in [0.4, 0.5) is 10.1 Å². The number of benzene rings is 2. The van der Waals surface area contributed by atoms with Gasteiger partial charge in [-0.1, -0.05) is 24.3 Å². The number of aryl methyl sites for hydroxylation is 2. The summed E-state index contributed by atoms with van der Waals surface area (Å²) in [5.41, 5.74) is 3.06. The van der Waals surface area contributed by atoms with Gasteiger partial charge in [0.25, 0.3) is 0 Å². The SMILES string of the molecule is Cc1cc(C)n(CC(=O)Nc2ccc(-c3cccc(F)c3)cc2)c(=O)n1. The molecule has 5 nitrogen and oxygen atoms in total. The minimum Gasteiger partial charge on any atom is -0.325 e. The molecule has 1 heterocycles. The van der Waals surface area contributed by atoms with Crippen molar-refractivity contribution in [3.8, 4) is 11.1 Å². The highest BCUT2D eigenvalue weighted by atomic mass is 19.1. The molecule has 1 aromatic heterocycles. The number of carbonyl (C=O) groups excluding carboxylic acids is 1. The molecule has 0 saturated carbocycles. The molecule has 0 aliphatic rings. The Bertz CT molecular complexity index is 1010. The molecule has 132 valence electrons. The largest absolute Gasteiger partial charge is 0.348 e. The van der Waals surface area contributed by atoms with E-state index in [4.69, 9.17) is 0 Å². The van der Waals surface area contributed by atoms with E-state index in [-0.39, 0.29) is 18.3 Å². The van der Waals surface area contributed by atoms with Crippen molar-refractivity contribution in [2.45, 2.75) is 20.4 Å². The van der Waals surface area contributed by atoms with Crippen molar-refractivity contribution < 1.29 is 9.18 Å². The smallest absolute Gasteiger partial charge is 0.325 e. The third-order valence-electron chi connectivity index (χ3n) is 3.97. The molecule has 0 unspecified atom stereocenters. The fourth-order valence-electron chi connectivity index (χ4n) is 2.73. The number of anilines is 1. The van der Waals surface area contributed by atoms with Crippen molar-refractivity contribution in [3.05, 3.63) is 82.3 Å². The molecular formula is C20H18FN3O2. The first-order valence-electron chi connectivity index (χ1n) is 8.13. The summed E-state index contributed by atoms with van der Waals surface area (Å²) in [7, 11) is 0. The molecule has 0 radical (unpaired) electrons. The van der Waals surface area contributed by atoms with Crippen LogP contribution in [0.3, 0.4) is 0 Å². The lowest BCUT2D eigenvalue weighted by Crippen LogP contribution is -2.31. The molecular weight excluding hydrogens is 333 g/mol. The molecule has 0 bridgehead atoms. The first kappa shape index (κ1) is 17.5. The molecule has 0 aliphatic heterocycles. The standard InChI is InChI=1S/C20H18FN3O2/c1-13-10-14(2)24(20(26)22-13)12-19(25)23-18-8-6-15(7-9-18)16-4-3-5-17(21)11-16/h3-11H,12H2,1-2H3,(H,23,25). The maximum atomic E-state index is 13.3. The number of nitrogens with one attached hydrogen (secondary N) is 1. The lowest BCUT2D eigenvalue weighted by Gasteiger charge is -2.11. The second kappa shape index (κ2) is 7.31. The van der Waals surface area contributed by atoms with Gasteiger partial charge < -0.3 is 5.32 Å². The topological polar surface area (TPSA) is 64.0 Å². The molecule has 0 fully saturated rings. The van der Waals surface area contributed by atoms with Gasteiger partial charge in [-0.3, -0.25) is 9.36 Å². The number of rotatable bonds is 4. The van der Waals surface area contributed by atoms with Gasteiger partial charge >= 0.3 is 5.69 Å². The van der Waals surface area contributed by atoms with E-state index in [0.29, 0.717) is 17.1 Å². The van der Waals surface area contributed by atoms with Crippen molar-refractivity contribution in [3.63, 3.8) is 0 Å². The van der Waals surface area contributed by atoms with Gasteiger partial charge in [0.1, 0.15) is 12.4 Å². The molecule has 0 atom stereocenters. The van der Waals surface area contributed by atoms with Gasteiger partial charge in [0.05, 0.1) is 0 Å². The van der Waals surface area contributed by atoms with E-state index in [1.807, 2.05) is 6.07 Å². The Morgan fingerprint density at radius 1 is 1.08 bits per heavy atom. The number of halogens is 1. The van der Waals surface area contributed by atoms with Gasteiger partial charge in [0.15, 0.2) is 0 Å². The summed E-state index contributed by atoms with van der Waals surface area (Å²) < 4.78 is 14.6. The Hall–Kier alpha value is -3.28. The van der Waals surface area contributed by atoms with Crippen molar-refractivity contribution in [2.75, 3.05) is 5.32 Å². The second-order valence-corrected chi connectivity index (χ2v) is 6.04. The summed E-state index contributed by atoms with van der Waals surface area (Å²) in [6, 6.07) is 15.1. The molecule has 3 rings (SSSR count). The minimum atomic E-state index is -0.445. The Morgan fingerprint density at radius 3 is 2.46 bits per heavy atom. The second-order valence-electron chi connectivity index (χ2n) is 6.04. The molecule has 3 aromatic rings. The predicted molar refractivity (Wildman–Crippen MR) is 98.4 cm³/mol. The Morgan fingerprint density at radius 2 is 1.81 bits per heavy atom. The fourth-order valence-corrected chi connectivity index (χ4v) is 2.73. The average Bonchev–Trinajstić information content (AvgIpc) is 2.59. The highest BCUT2D eigenvalue weighted by molar-refractivity contribution is 5.90. The third kappa shape index (κ3) is 4.03. The first-order valence-corrected chi connectivity index (χ1v) is 8.13. The van der Waals surface area contributed by atoms with E-state index in [1.54, 1.807) is 50.2 Å². The molecule has 26 heavy (non-hydrogen) atoms. The van der Waals surface area contributed by atoms with Crippen molar-refractivity contribution in [1.29, 1.82) is 0 Å². The molecule has 1 N–H and O–H groups in total. The van der Waals surface area contributed by atoms with Crippen LogP contribution in [0.5, 0.6) is 0 Å². The van der Waals surface area contributed by atoms with E-state index >= 15 is 0 Å². The van der Waals surface area contributed by atoms with Crippen LogP contribution in [0.2, 0.25) is 0 Å². The van der Waals surface area contributed by atoms with E-state index in [9.17, 15) is 14.0 Å². The zero-order valence-corrected chi connectivity index (χ0v) is 14.5. The van der Waals surface area contributed by atoms with Gasteiger partial charge in [0, 0.05) is 17.1 Å². The van der Waals surface area contributed by atoms with Crippen LogP contribution in [0.1, 0.15) is 11.4 Å². The monoisotopic (exact) mass is 351 g/mol. The number of carbonyl (C=O) groups is 1. The number of amides is 1.